The van der Waals surface area contributed by atoms with E-state index in [1.165, 1.54) is 0 Å². The Morgan fingerprint density at radius 3 is 1.28 bits per heavy atom. The molecule has 114 heavy (non-hydrogen) atoms. The van der Waals surface area contributed by atoms with E-state index in [1.54, 1.807) is 5.32 Å². The molecule has 0 aliphatic carbocycles. The molecule has 4 heterocycles. The van der Waals surface area contributed by atoms with Crippen LogP contribution in [0, 0.1) is 0 Å². The van der Waals surface area contributed by atoms with Crippen molar-refractivity contribution in [3.63, 3.8) is 0 Å². The van der Waals surface area contributed by atoms with E-state index in [4.69, 9.17) is 42.6 Å². The summed E-state index contributed by atoms with van der Waals surface area (Å²) >= 11 is 0. The van der Waals surface area contributed by atoms with E-state index in [-0.39, 0.29) is 302 Å². The van der Waals surface area contributed by atoms with Gasteiger partial charge in [0.15, 0.2) is 37.4 Å². The second-order valence-electron chi connectivity index (χ2n) is 21.3. The molecule has 4 fully saturated rings. The van der Waals surface area contributed by atoms with Crippen molar-refractivity contribution in [1.82, 2.24) is 10.6 Å². The molecule has 9 N–H and O–H groups in total. The number of rotatable bonds is 39. The van der Waals surface area contributed by atoms with Crippen molar-refractivity contribution in [2.75, 3.05) is 26.4 Å². The van der Waals surface area contributed by atoms with Crippen LogP contribution in [-0.4, -0.2) is 349 Å². The molecule has 74 heteroatoms. The molecule has 4 saturated heterocycles. The fraction of sp³-hybridized carbons (Fsp3) is 0.850. The minimum Gasteiger partial charge on any atom is -0.726 e. The zero-order valence-electron chi connectivity index (χ0n) is 61.5. The van der Waals surface area contributed by atoms with Crippen LogP contribution in [0.5, 0.6) is 0 Å². The Hall–Kier alpha value is 5.78. The molecule has 4 rings (SSSR count). The predicted molar refractivity (Wildman–Crippen MR) is 287 cm³/mol. The first-order chi connectivity index (χ1) is 47.1. The maximum absolute atomic E-state index is 13.6. The van der Waals surface area contributed by atoms with Crippen LogP contribution in [0.25, 0.3) is 0 Å². The summed E-state index contributed by atoms with van der Waals surface area (Å²) in [7, 11) is -49.8. The molecule has 608 valence electrons. The summed E-state index contributed by atoms with van der Waals surface area (Å²) in [4.78, 5) is 51.0. The maximum Gasteiger partial charge on any atom is 1.00 e. The number of nitrogens with one attached hydrogen (secondary N) is 2. The van der Waals surface area contributed by atoms with Crippen LogP contribution in [0.4, 0.5) is 0 Å². The Labute approximate surface area is 869 Å². The first-order valence-corrected chi connectivity index (χ1v) is 38.0. The number of carbonyl (C=O) groups excluding carboxylic acids is 4. The smallest absolute Gasteiger partial charge is 0.726 e. The number of amides is 2. The summed E-state index contributed by atoms with van der Waals surface area (Å²) in [6, 6.07) is -5.41. The summed E-state index contributed by atoms with van der Waals surface area (Å²) in [6.07, 6.45) is -72.8. The van der Waals surface area contributed by atoms with Crippen molar-refractivity contribution >= 4 is 107 Å². The van der Waals surface area contributed by atoms with E-state index in [1.807, 2.05) is 5.32 Å². The quantitative estimate of drug-likeness (QED) is 0.00907. The summed E-state index contributed by atoms with van der Waals surface area (Å²) in [5.41, 5.74) is 0. The van der Waals surface area contributed by atoms with E-state index in [2.05, 4.69) is 33.5 Å². The summed E-state index contributed by atoms with van der Waals surface area (Å²) in [5.74, 6) is -10.5. The zero-order chi connectivity index (χ0) is 79.9. The molecular formula is C40H56N2Na10O54S8. The molecule has 56 nitrogen and oxygen atoms in total. The molecular weight excluding hydrogens is 1860 g/mol. The van der Waals surface area contributed by atoms with Gasteiger partial charge in [0.2, 0.25) is 95.0 Å². The van der Waals surface area contributed by atoms with Crippen molar-refractivity contribution in [1.29, 1.82) is 0 Å². The van der Waals surface area contributed by atoms with E-state index in [0.717, 1.165) is 0 Å². The number of hydrogen-bond donors (Lipinski definition) is 9. The zero-order valence-corrected chi connectivity index (χ0v) is 88.0. The number of aliphatic hydroxyl groups is 7. The number of carbonyl (C=O) groups is 4. The largest absolute Gasteiger partial charge is 1.00 e. The Kier molecular flexibility index (Phi) is 65.8. The van der Waals surface area contributed by atoms with E-state index in [9.17, 15) is 169 Å². The third-order valence-electron chi connectivity index (χ3n) is 13.6. The molecule has 0 aromatic carbocycles. The van der Waals surface area contributed by atoms with E-state index >= 15 is 0 Å². The van der Waals surface area contributed by atoms with Gasteiger partial charge in [-0.1, -0.05) is 0 Å². The molecule has 0 aromatic heterocycles. The van der Waals surface area contributed by atoms with Gasteiger partial charge in [-0.25, -0.2) is 67.3 Å². The maximum atomic E-state index is 13.6. The van der Waals surface area contributed by atoms with Gasteiger partial charge in [-0.2, -0.15) is 0 Å². The van der Waals surface area contributed by atoms with Gasteiger partial charge in [-0.05, 0) is 19.9 Å². The molecule has 2 amide bonds. The molecule has 4 aliphatic rings. The number of carboxylic acids is 2. The Bertz CT molecular complexity index is 4010. The number of aliphatic hydroxyl groups excluding tert-OH is 7. The van der Waals surface area contributed by atoms with Crippen molar-refractivity contribution < 1.29 is 541 Å². The summed E-state index contributed by atoms with van der Waals surface area (Å²) in [5, 5.41) is 107. The van der Waals surface area contributed by atoms with Crippen LogP contribution in [0.15, 0.2) is 11.8 Å². The Morgan fingerprint density at radius 1 is 0.465 bits per heavy atom. The van der Waals surface area contributed by atoms with E-state index in [0.29, 0.717) is 27.7 Å². The molecule has 0 radical (unpaired) electrons. The molecule has 0 aromatic rings. The topological polar surface area (TPSA) is 895 Å². The Balaban J connectivity index is -0.00000229. The van der Waals surface area contributed by atoms with Gasteiger partial charge in [0.1, 0.15) is 115 Å². The Morgan fingerprint density at radius 2 is 0.886 bits per heavy atom. The molecule has 11 unspecified atom stereocenters. The third kappa shape index (κ3) is 46.0. The van der Waals surface area contributed by atoms with Crippen LogP contribution in [-0.2, 0) is 178 Å². The average Bonchev–Trinajstić information content (AvgIpc) is 0.756. The van der Waals surface area contributed by atoms with Crippen LogP contribution in [0.3, 0.4) is 0 Å². The first kappa shape index (κ1) is 133. The van der Waals surface area contributed by atoms with Crippen LogP contribution >= 0.6 is 0 Å². The van der Waals surface area contributed by atoms with Gasteiger partial charge in [0.25, 0.3) is 0 Å². The van der Waals surface area contributed by atoms with Crippen LogP contribution < -0.4 is 316 Å². The molecule has 0 bridgehead atoms. The average molecular weight is 1920 g/mol. The fourth-order valence-corrected chi connectivity index (χ4v) is 13.5. The second-order valence-corrected chi connectivity index (χ2v) is 29.4. The number of hydrogen-bond acceptors (Lipinski definition) is 54. The van der Waals surface area contributed by atoms with Crippen molar-refractivity contribution in [3.05, 3.63) is 11.8 Å². The number of carboxylic acid groups (broad SMARTS) is 2. The van der Waals surface area contributed by atoms with Crippen molar-refractivity contribution in [3.8, 4) is 0 Å². The van der Waals surface area contributed by atoms with Crippen LogP contribution in [0.1, 0.15) is 27.7 Å². The number of ether oxygens (including phenoxy) is 9. The van der Waals surface area contributed by atoms with Gasteiger partial charge in [-0.3, -0.25) is 43.1 Å². The summed E-state index contributed by atoms with van der Waals surface area (Å²) in [6.45, 7) is -5.37. The number of aliphatic carboxylic acids is 2. The molecule has 0 spiro atoms. The van der Waals surface area contributed by atoms with Crippen molar-refractivity contribution in [2.45, 2.75) is 187 Å². The third-order valence-corrected chi connectivity index (χ3v) is 17.2. The monoisotopic (exact) mass is 1910 g/mol. The minimum absolute atomic E-state index is 0. The van der Waals surface area contributed by atoms with Gasteiger partial charge in [0, 0.05) is 13.8 Å². The molecule has 0 saturated carbocycles. The minimum atomic E-state index is -6.49. The van der Waals surface area contributed by atoms with Gasteiger partial charge in [0.05, 0.1) is 50.6 Å². The second kappa shape index (κ2) is 56.5. The SMILES string of the molecule is CC(=O)NC(CO)[C@@H](O[C@@H]1OC(C(=O)[O-])[C@@H](O[C@@H]2OC(COS(=O)(=O)[O-])[C@H](OS(=O)(=O)[O-])[C@H](OCC(O)[C@H](/C=C(\O)C(=O)[O-])O[C@@H]3OC(C)[C@@H](OS(=O)(=O)[O-])[C@H](O)C3OS(=O)(=O)[O-])C2NC(C)=O)C(O[C@@H]2OC(C)[C@@H](OS(=O)(=O)[O-])[C@H](O)C2OS(=O)(=O)[O-])[C@@H]1O)[C@@H](OS(=O)(=O)[O-])C(O)COS(=O)(=O)[O-].[Na+].[Na+].[Na+].[Na+].[Na+].[Na+].[Na+].[Na+].[Na+].[Na+]. The van der Waals surface area contributed by atoms with Gasteiger partial charge < -0.3 is 145 Å². The normalized spacial score (nSPS) is 29.9. The van der Waals surface area contributed by atoms with Crippen molar-refractivity contribution in [2.24, 2.45) is 0 Å². The van der Waals surface area contributed by atoms with Crippen LogP contribution in [0.2, 0.25) is 0 Å². The van der Waals surface area contributed by atoms with Gasteiger partial charge >= 0.3 is 296 Å². The fourth-order valence-electron chi connectivity index (χ4n) is 9.80. The molecule has 26 atom stereocenters. The standard InChI is InChI=1S/C40H66N2O54S8.10Na/c1-10-24(91-99(62,63)64)21(49)31(95-103(74,75)76)39(83-10)85-18(5-15(46)35(52)53)16(47)7-80-29-20(42-13(4)45)37(86-19(9-82-98(59,60)61)28(29)94-102(71,72)73)89-33-30(88-40-32(96-104(77,78)79)22(50)25(11(2)84-40)92-100(65,66)67)23(51)38(90-34(33)36(54)55)87-26(14(6-43)41-12(3)44)27(93-101(68,69)70)17(48)8-81-97(56,57)58;;;;;;;;;;/h5,10-11,14,16-34,37-40,43,46-51H,6-9H2,1-4H3,(H,41,44)(H,42,45)(H,52,53)(H,54,55)(H,56,57,58)(H,59,60,61)(H,62,63,64)(H,65,66,67)(H,68,69,70)(H,71,72,73)(H,74,75,76)(H,77,78,79);;;;;;;;;;/q;10*+1/p-10/b15-5-;;;;;;;;;;/t10?,11?,14?,16?,17?,18-,19?,20?,21-,22-,23-,24+,25+,26+,27-,28-,29+,30?,31?,32?,33-,34?,37-,38+,39-,40-;;;;;;;;;;/m0........../s1. The predicted octanol–water partition coefficient (Wildman–Crippen LogP) is -47.3. The van der Waals surface area contributed by atoms with E-state index < -0.39 is 298 Å². The van der Waals surface area contributed by atoms with Gasteiger partial charge in [-0.15, -0.1) is 0 Å². The first-order valence-electron chi connectivity index (χ1n) is 27.4. The summed E-state index contributed by atoms with van der Waals surface area (Å²) < 4.78 is 369. The molecule has 4 aliphatic heterocycles.